The van der Waals surface area contributed by atoms with Crippen molar-refractivity contribution in [1.82, 2.24) is 19.9 Å². The molecule has 2 aromatic heterocycles. The van der Waals surface area contributed by atoms with Crippen LogP contribution in [0.25, 0.3) is 27.6 Å². The third kappa shape index (κ3) is 3.38. The molecule has 0 saturated carbocycles. The van der Waals surface area contributed by atoms with E-state index in [1.807, 2.05) is 66.9 Å². The maximum atomic E-state index is 12.6. The van der Waals surface area contributed by atoms with Gasteiger partial charge in [0.15, 0.2) is 0 Å². The highest BCUT2D eigenvalue weighted by Gasteiger charge is 2.09. The van der Waals surface area contributed by atoms with Crippen molar-refractivity contribution in [3.05, 3.63) is 96.4 Å². The number of rotatable bonds is 5. The van der Waals surface area contributed by atoms with Gasteiger partial charge in [-0.2, -0.15) is 0 Å². The predicted molar refractivity (Wildman–Crippen MR) is 115 cm³/mol. The molecule has 5 rings (SSSR count). The zero-order valence-electron chi connectivity index (χ0n) is 15.8. The SMILES string of the molecule is O=C(NCCc1nc2ccccc2[nH]1)c1cccc(-n2ccc3ccccc32)c1. The molecule has 29 heavy (non-hydrogen) atoms. The normalized spacial score (nSPS) is 11.2. The minimum Gasteiger partial charge on any atom is -0.352 e. The average molecular weight is 380 g/mol. The minimum absolute atomic E-state index is 0.0839. The van der Waals surface area contributed by atoms with E-state index in [4.69, 9.17) is 0 Å². The lowest BCUT2D eigenvalue weighted by molar-refractivity contribution is 0.0954. The summed E-state index contributed by atoms with van der Waals surface area (Å²) in [5, 5.41) is 4.17. The average Bonchev–Trinajstić information content (AvgIpc) is 3.37. The van der Waals surface area contributed by atoms with E-state index in [0.717, 1.165) is 28.1 Å². The number of hydrogen-bond acceptors (Lipinski definition) is 2. The second kappa shape index (κ2) is 7.28. The van der Waals surface area contributed by atoms with E-state index < -0.39 is 0 Å². The van der Waals surface area contributed by atoms with E-state index in [-0.39, 0.29) is 5.91 Å². The Bertz CT molecular complexity index is 1280. The molecule has 2 heterocycles. The molecule has 0 saturated heterocycles. The molecular weight excluding hydrogens is 360 g/mol. The summed E-state index contributed by atoms with van der Waals surface area (Å²) in [5.41, 5.74) is 4.69. The molecule has 0 aliphatic carbocycles. The molecule has 0 fully saturated rings. The first-order chi connectivity index (χ1) is 14.3. The molecule has 0 aliphatic heterocycles. The first kappa shape index (κ1) is 17.3. The molecular formula is C24H20N4O. The molecule has 5 heteroatoms. The fourth-order valence-electron chi connectivity index (χ4n) is 3.63. The molecule has 0 atom stereocenters. The van der Waals surface area contributed by atoms with Crippen molar-refractivity contribution >= 4 is 27.8 Å². The number of imidazole rings is 1. The summed E-state index contributed by atoms with van der Waals surface area (Å²) >= 11 is 0. The fourth-order valence-corrected chi connectivity index (χ4v) is 3.63. The fraction of sp³-hybridized carbons (Fsp3) is 0.0833. The Kier molecular flexibility index (Phi) is 4.33. The topological polar surface area (TPSA) is 62.7 Å². The highest BCUT2D eigenvalue weighted by Crippen LogP contribution is 2.21. The van der Waals surface area contributed by atoms with Gasteiger partial charge in [-0.3, -0.25) is 4.79 Å². The molecule has 0 aliphatic rings. The van der Waals surface area contributed by atoms with Gasteiger partial charge in [0.1, 0.15) is 5.82 Å². The maximum absolute atomic E-state index is 12.6. The number of amides is 1. The number of carbonyl (C=O) groups excluding carboxylic acids is 1. The number of fused-ring (bicyclic) bond motifs is 2. The summed E-state index contributed by atoms with van der Waals surface area (Å²) in [6.07, 6.45) is 2.69. The monoisotopic (exact) mass is 380 g/mol. The number of H-pyrrole nitrogens is 1. The summed E-state index contributed by atoms with van der Waals surface area (Å²) in [4.78, 5) is 20.5. The van der Waals surface area contributed by atoms with Crippen LogP contribution in [-0.4, -0.2) is 27.0 Å². The third-order valence-corrected chi connectivity index (χ3v) is 5.07. The summed E-state index contributed by atoms with van der Waals surface area (Å²) in [7, 11) is 0. The summed E-state index contributed by atoms with van der Waals surface area (Å²) < 4.78 is 2.10. The van der Waals surface area contributed by atoms with Crippen molar-refractivity contribution in [2.75, 3.05) is 6.54 Å². The van der Waals surface area contributed by atoms with Crippen LogP contribution >= 0.6 is 0 Å². The summed E-state index contributed by atoms with van der Waals surface area (Å²) in [6.45, 7) is 0.523. The predicted octanol–water partition coefficient (Wildman–Crippen LogP) is 4.48. The molecule has 5 nitrogen and oxygen atoms in total. The van der Waals surface area contributed by atoms with Crippen LogP contribution in [0.4, 0.5) is 0 Å². The number of benzene rings is 3. The van der Waals surface area contributed by atoms with Gasteiger partial charge in [0.2, 0.25) is 0 Å². The lowest BCUT2D eigenvalue weighted by atomic mass is 10.1. The lowest BCUT2D eigenvalue weighted by Gasteiger charge is -2.09. The maximum Gasteiger partial charge on any atom is 0.251 e. The van der Waals surface area contributed by atoms with E-state index in [9.17, 15) is 4.79 Å². The second-order valence-electron chi connectivity index (χ2n) is 7.00. The van der Waals surface area contributed by atoms with Crippen LogP contribution < -0.4 is 5.32 Å². The van der Waals surface area contributed by atoms with Gasteiger partial charge in [-0.05, 0) is 47.9 Å². The Hall–Kier alpha value is -3.86. The Morgan fingerprint density at radius 1 is 0.966 bits per heavy atom. The van der Waals surface area contributed by atoms with Crippen molar-refractivity contribution in [2.24, 2.45) is 0 Å². The number of aromatic amines is 1. The summed E-state index contributed by atoms with van der Waals surface area (Å²) in [5.74, 6) is 0.790. The van der Waals surface area contributed by atoms with Gasteiger partial charge >= 0.3 is 0 Å². The largest absolute Gasteiger partial charge is 0.352 e. The van der Waals surface area contributed by atoms with Crippen molar-refractivity contribution in [1.29, 1.82) is 0 Å². The van der Waals surface area contributed by atoms with Gasteiger partial charge in [-0.25, -0.2) is 4.98 Å². The number of para-hydroxylation sites is 3. The highest BCUT2D eigenvalue weighted by atomic mass is 16.1. The van der Waals surface area contributed by atoms with Crippen LogP contribution in [0, 0.1) is 0 Å². The standard InChI is InChI=1S/C24H20N4O/c29-24(25-14-12-23-26-20-9-2-3-10-21(20)27-23)18-7-5-8-19(16-18)28-15-13-17-6-1-4-11-22(17)28/h1-11,13,15-16H,12,14H2,(H,25,29)(H,26,27). The van der Waals surface area contributed by atoms with Crippen LogP contribution in [0.15, 0.2) is 85.1 Å². The number of nitrogens with one attached hydrogen (secondary N) is 2. The Balaban J connectivity index is 1.29. The van der Waals surface area contributed by atoms with Gasteiger partial charge in [0, 0.05) is 30.4 Å². The molecule has 0 bridgehead atoms. The van der Waals surface area contributed by atoms with Gasteiger partial charge in [-0.15, -0.1) is 0 Å². The molecule has 0 unspecified atom stereocenters. The lowest BCUT2D eigenvalue weighted by Crippen LogP contribution is -2.26. The molecule has 3 aromatic carbocycles. The number of aromatic nitrogens is 3. The van der Waals surface area contributed by atoms with Crippen LogP contribution in [-0.2, 0) is 6.42 Å². The van der Waals surface area contributed by atoms with Crippen LogP contribution in [0.1, 0.15) is 16.2 Å². The Morgan fingerprint density at radius 3 is 2.76 bits per heavy atom. The van der Waals surface area contributed by atoms with Crippen LogP contribution in [0.2, 0.25) is 0 Å². The minimum atomic E-state index is -0.0839. The zero-order chi connectivity index (χ0) is 19.6. The first-order valence-corrected chi connectivity index (χ1v) is 9.66. The smallest absolute Gasteiger partial charge is 0.251 e. The second-order valence-corrected chi connectivity index (χ2v) is 7.00. The van der Waals surface area contributed by atoms with E-state index >= 15 is 0 Å². The Labute approximate surface area is 168 Å². The van der Waals surface area contributed by atoms with Gasteiger partial charge < -0.3 is 14.9 Å². The van der Waals surface area contributed by atoms with Crippen molar-refractivity contribution in [2.45, 2.75) is 6.42 Å². The number of hydrogen-bond donors (Lipinski definition) is 2. The molecule has 5 aromatic rings. The molecule has 0 spiro atoms. The van der Waals surface area contributed by atoms with E-state index in [0.29, 0.717) is 18.5 Å². The van der Waals surface area contributed by atoms with Gasteiger partial charge in [-0.1, -0.05) is 36.4 Å². The molecule has 1 amide bonds. The molecule has 2 N–H and O–H groups in total. The number of carbonyl (C=O) groups is 1. The van der Waals surface area contributed by atoms with E-state index in [2.05, 4.69) is 38.1 Å². The Morgan fingerprint density at radius 2 is 1.83 bits per heavy atom. The van der Waals surface area contributed by atoms with E-state index in [1.54, 1.807) is 0 Å². The third-order valence-electron chi connectivity index (χ3n) is 5.07. The quantitative estimate of drug-likeness (QED) is 0.472. The number of nitrogens with zero attached hydrogens (tertiary/aromatic N) is 2. The van der Waals surface area contributed by atoms with Crippen LogP contribution in [0.3, 0.4) is 0 Å². The van der Waals surface area contributed by atoms with Crippen LogP contribution in [0.5, 0.6) is 0 Å². The molecule has 142 valence electrons. The highest BCUT2D eigenvalue weighted by molar-refractivity contribution is 5.95. The van der Waals surface area contributed by atoms with E-state index in [1.165, 1.54) is 5.39 Å². The van der Waals surface area contributed by atoms with Crippen molar-refractivity contribution < 1.29 is 4.79 Å². The van der Waals surface area contributed by atoms with Crippen molar-refractivity contribution in [3.8, 4) is 5.69 Å². The van der Waals surface area contributed by atoms with Crippen molar-refractivity contribution in [3.63, 3.8) is 0 Å². The van der Waals surface area contributed by atoms with Gasteiger partial charge in [0.25, 0.3) is 5.91 Å². The van der Waals surface area contributed by atoms with Gasteiger partial charge in [0.05, 0.1) is 16.6 Å². The summed E-state index contributed by atoms with van der Waals surface area (Å²) in [6, 6.07) is 25.9. The zero-order valence-corrected chi connectivity index (χ0v) is 15.8. The molecule has 0 radical (unpaired) electrons. The first-order valence-electron chi connectivity index (χ1n) is 9.66.